The number of halogens is 8. The molecule has 0 saturated carbocycles. The van der Waals surface area contributed by atoms with Crippen molar-refractivity contribution in [2.45, 2.75) is 23.0 Å². The van der Waals surface area contributed by atoms with Gasteiger partial charge in [-0.05, 0) is 42.5 Å². The van der Waals surface area contributed by atoms with Crippen LogP contribution in [0.4, 0.5) is 40.8 Å². The molecular weight excluding hydrogens is 438 g/mol. The van der Waals surface area contributed by atoms with Gasteiger partial charge in [0.25, 0.3) is 5.91 Å². The average Bonchev–Trinajstić information content (AvgIpc) is 2.60. The molecule has 0 bridgehead atoms. The van der Waals surface area contributed by atoms with Gasteiger partial charge in [0.1, 0.15) is 0 Å². The number of alkyl halides is 8. The summed E-state index contributed by atoms with van der Waals surface area (Å²) < 4.78 is 124. The summed E-state index contributed by atoms with van der Waals surface area (Å²) in [5.74, 6) is -5.06. The summed E-state index contributed by atoms with van der Waals surface area (Å²) in [6.07, 6.45) is -10.3. The fourth-order valence-electron chi connectivity index (χ4n) is 2.12. The summed E-state index contributed by atoms with van der Waals surface area (Å²) in [4.78, 5) is 11.3. The highest BCUT2D eigenvalue weighted by molar-refractivity contribution is 7.91. The summed E-state index contributed by atoms with van der Waals surface area (Å²) in [6, 6.07) is 3.37. The van der Waals surface area contributed by atoms with Crippen LogP contribution in [0.3, 0.4) is 0 Å². The Balaban J connectivity index is 2.36. The molecule has 0 heterocycles. The number of hydrogen-bond donors (Lipinski definition) is 1. The third kappa shape index (κ3) is 5.22. The molecule has 0 aliphatic heterocycles. The van der Waals surface area contributed by atoms with E-state index < -0.39 is 55.4 Å². The minimum atomic E-state index is -5.15. The molecule has 0 unspecified atom stereocenters. The van der Waals surface area contributed by atoms with Crippen molar-refractivity contribution in [3.8, 4) is 0 Å². The predicted molar refractivity (Wildman–Crippen MR) is 84.0 cm³/mol. The van der Waals surface area contributed by atoms with Gasteiger partial charge in [-0.3, -0.25) is 4.79 Å². The van der Waals surface area contributed by atoms with E-state index in [-0.39, 0.29) is 23.9 Å². The Morgan fingerprint density at radius 2 is 1.28 bits per heavy atom. The number of carbonyl (C=O) groups is 1. The molecule has 158 valence electrons. The van der Waals surface area contributed by atoms with Crippen LogP contribution < -0.4 is 5.32 Å². The Bertz CT molecular complexity index is 980. The van der Waals surface area contributed by atoms with E-state index in [1.165, 1.54) is 0 Å². The number of nitrogens with one attached hydrogen (secondary N) is 1. The normalized spacial score (nSPS) is 12.9. The van der Waals surface area contributed by atoms with Gasteiger partial charge in [-0.1, -0.05) is 0 Å². The van der Waals surface area contributed by atoms with E-state index in [0.29, 0.717) is 12.1 Å². The molecule has 29 heavy (non-hydrogen) atoms. The standard InChI is InChI=1S/C16H9F8NO3S/c17-14(18)29(27,28)12-3-1-11(2-4-12)25-13(26)8-5-9(15(19,20)21)7-10(6-8)16(22,23)24/h1-7,14H,(H,25,26). The van der Waals surface area contributed by atoms with Crippen molar-refractivity contribution in [1.82, 2.24) is 0 Å². The maximum absolute atomic E-state index is 12.8. The van der Waals surface area contributed by atoms with E-state index >= 15 is 0 Å². The van der Waals surface area contributed by atoms with Crippen LogP contribution in [-0.2, 0) is 22.2 Å². The van der Waals surface area contributed by atoms with E-state index in [1.54, 1.807) is 0 Å². The molecule has 0 radical (unpaired) electrons. The summed E-state index contributed by atoms with van der Waals surface area (Å²) in [5, 5.41) is 1.97. The Labute approximate surface area is 158 Å². The molecule has 0 fully saturated rings. The SMILES string of the molecule is O=C(Nc1ccc(S(=O)(=O)C(F)F)cc1)c1cc(C(F)(F)F)cc(C(F)(F)F)c1. The van der Waals surface area contributed by atoms with E-state index in [0.717, 1.165) is 12.1 Å². The lowest BCUT2D eigenvalue weighted by molar-refractivity contribution is -0.143. The first-order chi connectivity index (χ1) is 13.1. The summed E-state index contributed by atoms with van der Waals surface area (Å²) >= 11 is 0. The predicted octanol–water partition coefficient (Wildman–Crippen LogP) is 4.97. The lowest BCUT2D eigenvalue weighted by atomic mass is 10.0. The smallest absolute Gasteiger partial charge is 0.322 e. The van der Waals surface area contributed by atoms with Gasteiger partial charge in [-0.15, -0.1) is 0 Å². The van der Waals surface area contributed by atoms with Gasteiger partial charge >= 0.3 is 18.1 Å². The van der Waals surface area contributed by atoms with Gasteiger partial charge in [-0.25, -0.2) is 8.42 Å². The summed E-state index contributed by atoms with van der Waals surface area (Å²) in [6.45, 7) is 0. The molecule has 0 aliphatic rings. The third-order valence-electron chi connectivity index (χ3n) is 3.53. The molecule has 2 aromatic carbocycles. The highest BCUT2D eigenvalue weighted by Gasteiger charge is 2.37. The average molecular weight is 447 g/mol. The van der Waals surface area contributed by atoms with E-state index in [1.807, 2.05) is 5.32 Å². The third-order valence-corrected chi connectivity index (χ3v) is 4.92. The second-order valence-electron chi connectivity index (χ2n) is 5.58. The molecule has 4 nitrogen and oxygen atoms in total. The van der Waals surface area contributed by atoms with Gasteiger partial charge in [0, 0.05) is 11.3 Å². The Kier molecular flexibility index (Phi) is 5.93. The monoisotopic (exact) mass is 447 g/mol. The van der Waals surface area contributed by atoms with Crippen molar-refractivity contribution in [3.63, 3.8) is 0 Å². The number of amides is 1. The molecule has 2 aromatic rings. The van der Waals surface area contributed by atoms with Gasteiger partial charge in [0.15, 0.2) is 0 Å². The lowest BCUT2D eigenvalue weighted by Gasteiger charge is -2.14. The number of rotatable bonds is 4. The van der Waals surface area contributed by atoms with E-state index in [2.05, 4.69) is 0 Å². The van der Waals surface area contributed by atoms with Crippen molar-refractivity contribution in [1.29, 1.82) is 0 Å². The second-order valence-corrected chi connectivity index (χ2v) is 7.50. The maximum atomic E-state index is 12.8. The first-order valence-electron chi connectivity index (χ1n) is 7.35. The largest absolute Gasteiger partial charge is 0.416 e. The number of benzene rings is 2. The summed E-state index contributed by atoms with van der Waals surface area (Å²) in [5.41, 5.74) is -4.60. The number of anilines is 1. The second kappa shape index (κ2) is 7.61. The van der Waals surface area contributed by atoms with Gasteiger partial charge < -0.3 is 5.32 Å². The molecule has 1 amide bonds. The van der Waals surface area contributed by atoms with Crippen LogP contribution in [0.2, 0.25) is 0 Å². The molecule has 0 spiro atoms. The number of carbonyl (C=O) groups excluding carboxylic acids is 1. The highest BCUT2D eigenvalue weighted by Crippen LogP contribution is 2.36. The zero-order chi connectivity index (χ0) is 22.2. The van der Waals surface area contributed by atoms with Gasteiger partial charge in [0.05, 0.1) is 16.0 Å². The van der Waals surface area contributed by atoms with Crippen molar-refractivity contribution in [2.75, 3.05) is 5.32 Å². The van der Waals surface area contributed by atoms with Crippen molar-refractivity contribution >= 4 is 21.4 Å². The number of sulfone groups is 1. The van der Waals surface area contributed by atoms with Crippen molar-refractivity contribution in [3.05, 3.63) is 59.2 Å². The van der Waals surface area contributed by atoms with Crippen molar-refractivity contribution in [2.24, 2.45) is 0 Å². The fourth-order valence-corrected chi connectivity index (χ4v) is 2.84. The Morgan fingerprint density at radius 1 is 0.828 bits per heavy atom. The van der Waals surface area contributed by atoms with Crippen LogP contribution in [0.15, 0.2) is 47.4 Å². The molecule has 0 aromatic heterocycles. The highest BCUT2D eigenvalue weighted by atomic mass is 32.2. The van der Waals surface area contributed by atoms with Gasteiger partial charge in [-0.2, -0.15) is 35.1 Å². The number of hydrogen-bond acceptors (Lipinski definition) is 3. The van der Waals surface area contributed by atoms with Gasteiger partial charge in [0.2, 0.25) is 9.84 Å². The molecular formula is C16H9F8NO3S. The van der Waals surface area contributed by atoms with E-state index in [4.69, 9.17) is 0 Å². The van der Waals surface area contributed by atoms with Crippen molar-refractivity contribution < 1.29 is 48.3 Å². The molecule has 0 saturated heterocycles. The zero-order valence-electron chi connectivity index (χ0n) is 13.8. The molecule has 13 heteroatoms. The van der Waals surface area contributed by atoms with Crippen LogP contribution in [0.5, 0.6) is 0 Å². The molecule has 2 rings (SSSR count). The zero-order valence-corrected chi connectivity index (χ0v) is 14.6. The summed E-state index contributed by atoms with van der Waals surface area (Å²) in [7, 11) is -4.91. The first kappa shape index (κ1) is 22.6. The minimum Gasteiger partial charge on any atom is -0.322 e. The molecule has 1 N–H and O–H groups in total. The lowest BCUT2D eigenvalue weighted by Crippen LogP contribution is -2.17. The van der Waals surface area contributed by atoms with E-state index in [9.17, 15) is 48.3 Å². The quantitative estimate of drug-likeness (QED) is 0.674. The van der Waals surface area contributed by atoms with Crippen LogP contribution in [-0.4, -0.2) is 20.1 Å². The fraction of sp³-hybridized carbons (Fsp3) is 0.188. The Hall–Kier alpha value is -2.70. The minimum absolute atomic E-state index is 0.152. The van der Waals surface area contributed by atoms with Crippen LogP contribution in [0.25, 0.3) is 0 Å². The van der Waals surface area contributed by atoms with Crippen LogP contribution in [0, 0.1) is 0 Å². The topological polar surface area (TPSA) is 63.2 Å². The maximum Gasteiger partial charge on any atom is 0.416 e. The van der Waals surface area contributed by atoms with Crippen LogP contribution in [0.1, 0.15) is 21.5 Å². The molecule has 0 aliphatic carbocycles. The first-order valence-corrected chi connectivity index (χ1v) is 8.90. The Morgan fingerprint density at radius 3 is 1.66 bits per heavy atom. The molecule has 0 atom stereocenters. The van der Waals surface area contributed by atoms with Crippen LogP contribution >= 0.6 is 0 Å².